The quantitative estimate of drug-likeness (QED) is 0.252. The normalized spacial score (nSPS) is 37.6. The maximum Gasteiger partial charge on any atom is 0.169 e. The van der Waals surface area contributed by atoms with E-state index in [-0.39, 0.29) is 45.9 Å². The molecule has 1 aromatic carbocycles. The van der Waals surface area contributed by atoms with Crippen LogP contribution in [0.25, 0.3) is 10.9 Å². The summed E-state index contributed by atoms with van der Waals surface area (Å²) in [4.78, 5) is 26.1. The van der Waals surface area contributed by atoms with Gasteiger partial charge in [-0.15, -0.1) is 0 Å². The minimum Gasteiger partial charge on any atom is -0.372 e. The number of benzene rings is 1. The van der Waals surface area contributed by atoms with Crippen molar-refractivity contribution in [3.63, 3.8) is 0 Å². The highest BCUT2D eigenvalue weighted by atomic mass is 16.7. The summed E-state index contributed by atoms with van der Waals surface area (Å²) in [7, 11) is 1.68. The van der Waals surface area contributed by atoms with Gasteiger partial charge in [0.05, 0.1) is 47.1 Å². The standard InChI is InChI=1S/C38H53NO5.C4H8O.CH2O/c1-35(2)26-18-23-21(34(40)32(26)37(5,6)44-35)10-13-27-30(23)24-17-20-9-12-25-22-11-14-29(36(3,4)42-19-41-8)43-28(22)15-16-38(25,7)31(20)33(24)39-27;1-4(2)3-5-4;1-2/h10,13,20,22,25-26,28-29,31-32,39H,9,11-12,14-19H2,1-8H3;3H2,1-2H3;1H2/t20?,22?,25?,26-,28?,29+,31?,32?,38+;;/m1../s1. The number of rotatable bonds is 4. The minimum atomic E-state index is -0.440. The van der Waals surface area contributed by atoms with Crippen LogP contribution in [0.3, 0.4) is 0 Å². The van der Waals surface area contributed by atoms with E-state index < -0.39 is 5.60 Å². The molecule has 3 aliphatic heterocycles. The van der Waals surface area contributed by atoms with Crippen LogP contribution in [0.2, 0.25) is 0 Å². The lowest BCUT2D eigenvalue weighted by Crippen LogP contribution is -2.56. The zero-order valence-electron chi connectivity index (χ0n) is 32.9. The van der Waals surface area contributed by atoms with Crippen molar-refractivity contribution in [2.45, 2.75) is 154 Å². The molecule has 0 amide bonds. The van der Waals surface area contributed by atoms with Crippen molar-refractivity contribution in [3.05, 3.63) is 34.5 Å². The minimum absolute atomic E-state index is 0.0821. The van der Waals surface area contributed by atoms with Crippen molar-refractivity contribution < 1.29 is 33.3 Å². The number of carbonyl (C=O) groups is 2. The molecule has 2 saturated carbocycles. The molecule has 8 heteroatoms. The van der Waals surface area contributed by atoms with Crippen LogP contribution in [0.15, 0.2) is 12.1 Å². The number of nitrogens with one attached hydrogen (secondary N) is 1. The van der Waals surface area contributed by atoms with Crippen LogP contribution in [-0.4, -0.2) is 72.7 Å². The van der Waals surface area contributed by atoms with E-state index in [0.717, 1.165) is 37.9 Å². The Bertz CT molecular complexity index is 1650. The van der Waals surface area contributed by atoms with E-state index in [1.807, 2.05) is 6.79 Å². The van der Waals surface area contributed by atoms with E-state index >= 15 is 0 Å². The van der Waals surface area contributed by atoms with Gasteiger partial charge in [0.2, 0.25) is 0 Å². The van der Waals surface area contributed by atoms with E-state index in [2.05, 4.69) is 79.4 Å². The fourth-order valence-electron chi connectivity index (χ4n) is 12.1. The Morgan fingerprint density at radius 2 is 1.61 bits per heavy atom. The molecule has 8 nitrogen and oxygen atoms in total. The average molecular weight is 706 g/mol. The van der Waals surface area contributed by atoms with Gasteiger partial charge in [-0.2, -0.15) is 0 Å². The Morgan fingerprint density at radius 1 is 0.902 bits per heavy atom. The van der Waals surface area contributed by atoms with Crippen molar-refractivity contribution in [3.8, 4) is 0 Å². The van der Waals surface area contributed by atoms with Crippen LogP contribution in [0, 0.1) is 35.0 Å². The van der Waals surface area contributed by atoms with E-state index in [0.29, 0.717) is 36.6 Å². The Hall–Kier alpha value is -2.10. The Balaban J connectivity index is 0.000000528. The van der Waals surface area contributed by atoms with Crippen molar-refractivity contribution in [1.82, 2.24) is 4.98 Å². The highest BCUT2D eigenvalue weighted by Crippen LogP contribution is 2.66. The van der Waals surface area contributed by atoms with Crippen molar-refractivity contribution in [1.29, 1.82) is 0 Å². The number of ether oxygens (including phenoxy) is 5. The molecule has 1 N–H and O–H groups in total. The van der Waals surface area contributed by atoms with Crippen molar-refractivity contribution in [2.24, 2.45) is 35.0 Å². The number of hydrogen-bond acceptors (Lipinski definition) is 7. The second-order valence-corrected chi connectivity index (χ2v) is 19.3. The molecule has 7 aliphatic rings. The maximum atomic E-state index is 14.1. The van der Waals surface area contributed by atoms with Gasteiger partial charge in [0.25, 0.3) is 0 Å². The van der Waals surface area contributed by atoms with Gasteiger partial charge in [0, 0.05) is 41.1 Å². The van der Waals surface area contributed by atoms with E-state index in [1.165, 1.54) is 53.4 Å². The fraction of sp³-hybridized carbons (Fsp3) is 0.767. The smallest absolute Gasteiger partial charge is 0.169 e. The van der Waals surface area contributed by atoms with Gasteiger partial charge in [-0.3, -0.25) is 4.79 Å². The third kappa shape index (κ3) is 6.07. The average Bonchev–Trinajstić information content (AvgIpc) is 3.39. The second-order valence-electron chi connectivity index (χ2n) is 19.3. The van der Waals surface area contributed by atoms with Crippen LogP contribution in [-0.2, 0) is 41.3 Å². The van der Waals surface area contributed by atoms with Crippen LogP contribution >= 0.6 is 0 Å². The van der Waals surface area contributed by atoms with Gasteiger partial charge in [-0.25, -0.2) is 0 Å². The zero-order valence-corrected chi connectivity index (χ0v) is 32.9. The molecule has 4 aliphatic carbocycles. The molecule has 9 rings (SSSR count). The monoisotopic (exact) mass is 705 g/mol. The predicted molar refractivity (Wildman–Crippen MR) is 198 cm³/mol. The maximum absolute atomic E-state index is 14.1. The van der Waals surface area contributed by atoms with Crippen LogP contribution < -0.4 is 0 Å². The summed E-state index contributed by atoms with van der Waals surface area (Å²) in [5.41, 5.74) is 5.89. The summed E-state index contributed by atoms with van der Waals surface area (Å²) in [6.07, 6.45) is 9.71. The largest absolute Gasteiger partial charge is 0.372 e. The summed E-state index contributed by atoms with van der Waals surface area (Å²) in [5, 5.41) is 1.37. The number of H-pyrrole nitrogens is 1. The highest BCUT2D eigenvalue weighted by molar-refractivity contribution is 6.06. The molecule has 3 saturated heterocycles. The van der Waals surface area contributed by atoms with Gasteiger partial charge in [-0.05, 0) is 153 Å². The summed E-state index contributed by atoms with van der Waals surface area (Å²) in [5.74, 6) is 2.94. The lowest BCUT2D eigenvalue weighted by Gasteiger charge is -2.59. The van der Waals surface area contributed by atoms with Gasteiger partial charge in [0.1, 0.15) is 13.6 Å². The molecule has 0 bridgehead atoms. The zero-order chi connectivity index (χ0) is 36.9. The number of hydrogen-bond donors (Lipinski definition) is 1. The van der Waals surface area contributed by atoms with Gasteiger partial charge < -0.3 is 33.5 Å². The molecule has 0 radical (unpaired) electrons. The van der Waals surface area contributed by atoms with Gasteiger partial charge in [-0.1, -0.05) is 6.92 Å². The number of ketones is 1. The molecule has 9 atom stereocenters. The molecule has 1 aromatic heterocycles. The fourth-order valence-corrected chi connectivity index (χ4v) is 12.1. The summed E-state index contributed by atoms with van der Waals surface area (Å²) in [6, 6.07) is 4.32. The van der Waals surface area contributed by atoms with Crippen molar-refractivity contribution in [2.75, 3.05) is 20.5 Å². The molecule has 6 unspecified atom stereocenters. The summed E-state index contributed by atoms with van der Waals surface area (Å²) < 4.78 is 29.6. The molecule has 282 valence electrons. The Kier molecular flexibility index (Phi) is 9.31. The first-order valence-corrected chi connectivity index (χ1v) is 19.6. The highest BCUT2D eigenvalue weighted by Gasteiger charge is 2.61. The van der Waals surface area contributed by atoms with E-state index in [4.69, 9.17) is 28.5 Å². The van der Waals surface area contributed by atoms with Crippen LogP contribution in [0.5, 0.6) is 0 Å². The van der Waals surface area contributed by atoms with E-state index in [1.54, 1.807) is 7.11 Å². The lowest BCUT2D eigenvalue weighted by atomic mass is 9.49. The Morgan fingerprint density at radius 3 is 2.27 bits per heavy atom. The third-order valence-electron chi connectivity index (χ3n) is 14.5. The second kappa shape index (κ2) is 12.8. The summed E-state index contributed by atoms with van der Waals surface area (Å²) >= 11 is 0. The van der Waals surface area contributed by atoms with Crippen LogP contribution in [0.1, 0.15) is 134 Å². The number of epoxide rings is 1. The number of fused-ring (bicyclic) bond motifs is 12. The summed E-state index contributed by atoms with van der Waals surface area (Å²) in [6.45, 7) is 22.9. The number of carbonyl (C=O) groups excluding carboxylic acids is 2. The number of methoxy groups -OCH3 is 1. The van der Waals surface area contributed by atoms with E-state index in [9.17, 15) is 4.79 Å². The van der Waals surface area contributed by atoms with Crippen molar-refractivity contribution >= 4 is 23.5 Å². The number of Topliss-reactive ketones (excluding diaryl/α,β-unsaturated/α-hetero) is 1. The molecule has 51 heavy (non-hydrogen) atoms. The van der Waals surface area contributed by atoms with Gasteiger partial charge >= 0.3 is 0 Å². The SMILES string of the molecule is C=O.CC1(C)CO1.COCOC(C)(C)[C@@H]1CCC2C(CC[C@@]3(C)C2CCC2Cc4c([nH]c5ccc6c(c45)C[C@@H]4C(C6=O)C(C)(C)OC4(C)C)C23)O1. The van der Waals surface area contributed by atoms with Gasteiger partial charge in [0.15, 0.2) is 5.78 Å². The van der Waals surface area contributed by atoms with Crippen LogP contribution in [0.4, 0.5) is 0 Å². The number of aromatic nitrogens is 1. The molecule has 0 spiro atoms. The molecule has 2 aromatic rings. The first-order valence-electron chi connectivity index (χ1n) is 19.6. The molecular weight excluding hydrogens is 642 g/mol. The topological polar surface area (TPSA) is 99.4 Å². The number of aromatic amines is 1. The Labute approximate surface area is 305 Å². The first kappa shape index (κ1) is 37.2. The predicted octanol–water partition coefficient (Wildman–Crippen LogP) is 8.37. The molecular formula is C43H63NO7. The molecule has 5 fully saturated rings. The lowest BCUT2D eigenvalue weighted by molar-refractivity contribution is -0.230. The third-order valence-corrected chi connectivity index (χ3v) is 14.5. The first-order chi connectivity index (χ1) is 24.0. The molecule has 4 heterocycles.